The minimum absolute atomic E-state index is 0.368. The van der Waals surface area contributed by atoms with E-state index >= 15 is 0 Å². The molecule has 0 bridgehead atoms. The molecular formula is C14H17BrClNO3. The van der Waals surface area contributed by atoms with E-state index in [4.69, 9.17) is 16.3 Å². The van der Waals surface area contributed by atoms with Crippen LogP contribution in [0.1, 0.15) is 38.1 Å². The van der Waals surface area contributed by atoms with Crippen LogP contribution in [-0.4, -0.2) is 23.5 Å². The molecule has 0 aliphatic rings. The molecule has 110 valence electrons. The van der Waals surface area contributed by atoms with Crippen LogP contribution in [0.3, 0.4) is 0 Å². The number of halogens is 2. The van der Waals surface area contributed by atoms with Gasteiger partial charge in [0.15, 0.2) is 0 Å². The molecule has 0 aliphatic heterocycles. The van der Waals surface area contributed by atoms with Crippen LogP contribution in [0.5, 0.6) is 0 Å². The number of amides is 1. The van der Waals surface area contributed by atoms with Gasteiger partial charge in [-0.15, -0.1) is 0 Å². The minimum Gasteiger partial charge on any atom is -0.458 e. The van der Waals surface area contributed by atoms with E-state index in [1.54, 1.807) is 39.8 Å². The van der Waals surface area contributed by atoms with Crippen LogP contribution >= 0.6 is 27.5 Å². The third-order valence-electron chi connectivity index (χ3n) is 2.28. The molecule has 4 nitrogen and oxygen atoms in total. The summed E-state index contributed by atoms with van der Waals surface area (Å²) in [5.74, 6) is -0.873. The first-order valence-electron chi connectivity index (χ1n) is 6.09. The molecule has 0 radical (unpaired) electrons. The van der Waals surface area contributed by atoms with E-state index in [1.165, 1.54) is 6.07 Å². The average Bonchev–Trinajstić information content (AvgIpc) is 2.29. The first-order valence-corrected chi connectivity index (χ1v) is 7.26. The Hall–Kier alpha value is -1.07. The molecule has 1 amide bonds. The van der Waals surface area contributed by atoms with Crippen LogP contribution in [0, 0.1) is 0 Å². The number of nitrogens with one attached hydrogen (secondary N) is 1. The van der Waals surface area contributed by atoms with E-state index in [-0.39, 0.29) is 0 Å². The summed E-state index contributed by atoms with van der Waals surface area (Å²) in [5, 5.41) is 3.03. The number of carbonyl (C=O) groups excluding carboxylic acids is 2. The van der Waals surface area contributed by atoms with E-state index in [9.17, 15) is 9.59 Å². The number of hydrogen-bond acceptors (Lipinski definition) is 3. The molecule has 1 rings (SSSR count). The lowest BCUT2D eigenvalue weighted by Gasteiger charge is -2.22. The lowest BCUT2D eigenvalue weighted by molar-refractivity contribution is -0.156. The van der Waals surface area contributed by atoms with Gasteiger partial charge in [-0.3, -0.25) is 4.79 Å². The van der Waals surface area contributed by atoms with Gasteiger partial charge < -0.3 is 10.1 Å². The van der Waals surface area contributed by atoms with Gasteiger partial charge in [0.2, 0.25) is 0 Å². The number of benzene rings is 1. The summed E-state index contributed by atoms with van der Waals surface area (Å²) in [7, 11) is 0. The molecule has 0 saturated carbocycles. The van der Waals surface area contributed by atoms with Crippen molar-refractivity contribution in [3.63, 3.8) is 0 Å². The largest absolute Gasteiger partial charge is 0.458 e. The van der Waals surface area contributed by atoms with E-state index in [0.29, 0.717) is 15.1 Å². The maximum absolute atomic E-state index is 12.1. The fourth-order valence-electron chi connectivity index (χ4n) is 1.39. The maximum atomic E-state index is 12.1. The van der Waals surface area contributed by atoms with Crippen molar-refractivity contribution in [1.29, 1.82) is 0 Å². The van der Waals surface area contributed by atoms with Gasteiger partial charge in [0, 0.05) is 9.50 Å². The highest BCUT2D eigenvalue weighted by molar-refractivity contribution is 9.10. The van der Waals surface area contributed by atoms with Crippen molar-refractivity contribution >= 4 is 39.4 Å². The lowest BCUT2D eigenvalue weighted by Crippen LogP contribution is -2.42. The number of ether oxygens (including phenoxy) is 1. The summed E-state index contributed by atoms with van der Waals surface area (Å²) in [6, 6.07) is 4.13. The number of hydrogen-bond donors (Lipinski definition) is 1. The topological polar surface area (TPSA) is 55.4 Å². The highest BCUT2D eigenvalue weighted by Gasteiger charge is 2.24. The van der Waals surface area contributed by atoms with Crippen LogP contribution in [0.25, 0.3) is 0 Å². The predicted molar refractivity (Wildman–Crippen MR) is 81.9 cm³/mol. The van der Waals surface area contributed by atoms with Crippen LogP contribution in [-0.2, 0) is 9.53 Å². The van der Waals surface area contributed by atoms with E-state index in [0.717, 1.165) is 0 Å². The van der Waals surface area contributed by atoms with Crippen molar-refractivity contribution in [3.8, 4) is 0 Å². The van der Waals surface area contributed by atoms with Gasteiger partial charge in [-0.25, -0.2) is 4.79 Å². The lowest BCUT2D eigenvalue weighted by atomic mass is 10.2. The molecule has 20 heavy (non-hydrogen) atoms. The fraction of sp³-hybridized carbons (Fsp3) is 0.429. The molecule has 0 aliphatic carbocycles. The molecule has 0 unspecified atom stereocenters. The smallest absolute Gasteiger partial charge is 0.328 e. The second kappa shape index (κ2) is 6.59. The Morgan fingerprint density at radius 2 is 1.95 bits per heavy atom. The van der Waals surface area contributed by atoms with Gasteiger partial charge in [0.05, 0.1) is 5.56 Å². The van der Waals surface area contributed by atoms with Gasteiger partial charge in [0.25, 0.3) is 5.91 Å². The van der Waals surface area contributed by atoms with Crippen molar-refractivity contribution < 1.29 is 14.3 Å². The minimum atomic E-state index is -0.743. The summed E-state index contributed by atoms with van der Waals surface area (Å²) in [5.41, 5.74) is -0.222. The third-order valence-corrected chi connectivity index (χ3v) is 3.21. The van der Waals surface area contributed by atoms with Crippen molar-refractivity contribution in [2.75, 3.05) is 0 Å². The Kier molecular flexibility index (Phi) is 5.59. The highest BCUT2D eigenvalue weighted by atomic mass is 79.9. The van der Waals surface area contributed by atoms with Crippen molar-refractivity contribution in [1.82, 2.24) is 5.32 Å². The monoisotopic (exact) mass is 361 g/mol. The van der Waals surface area contributed by atoms with Gasteiger partial charge in [-0.1, -0.05) is 11.6 Å². The Bertz CT molecular complexity index is 526. The highest BCUT2D eigenvalue weighted by Crippen LogP contribution is 2.21. The number of carbonyl (C=O) groups is 2. The first kappa shape index (κ1) is 17.0. The Morgan fingerprint density at radius 1 is 1.35 bits per heavy atom. The molecule has 0 fully saturated rings. The SMILES string of the molecule is C[C@@H](NC(=O)c1cc(Cl)ccc1Br)C(=O)OC(C)(C)C. The van der Waals surface area contributed by atoms with Crippen molar-refractivity contribution in [2.45, 2.75) is 39.3 Å². The zero-order chi connectivity index (χ0) is 15.5. The Morgan fingerprint density at radius 3 is 2.50 bits per heavy atom. The standard InChI is InChI=1S/C14H17BrClNO3/c1-8(13(19)20-14(2,3)4)17-12(18)10-7-9(16)5-6-11(10)15/h5-8H,1-4H3,(H,17,18)/t8-/m1/s1. The summed E-state index contributed by atoms with van der Waals surface area (Å²) in [6.07, 6.45) is 0. The number of rotatable bonds is 3. The molecule has 6 heteroatoms. The molecule has 1 aromatic rings. The zero-order valence-electron chi connectivity index (χ0n) is 11.8. The van der Waals surface area contributed by atoms with Gasteiger partial charge in [-0.05, 0) is 61.8 Å². The van der Waals surface area contributed by atoms with E-state index in [2.05, 4.69) is 21.2 Å². The summed E-state index contributed by atoms with van der Waals surface area (Å²) in [6.45, 7) is 6.89. The van der Waals surface area contributed by atoms with Crippen molar-refractivity contribution in [3.05, 3.63) is 33.3 Å². The van der Waals surface area contributed by atoms with Crippen LogP contribution in [0.4, 0.5) is 0 Å². The Balaban J connectivity index is 2.75. The quantitative estimate of drug-likeness (QED) is 0.836. The van der Waals surface area contributed by atoms with Crippen LogP contribution in [0.15, 0.2) is 22.7 Å². The molecular weight excluding hydrogens is 346 g/mol. The van der Waals surface area contributed by atoms with Gasteiger partial charge >= 0.3 is 5.97 Å². The molecule has 1 aromatic carbocycles. The molecule has 1 atom stereocenters. The average molecular weight is 363 g/mol. The van der Waals surface area contributed by atoms with Gasteiger partial charge in [-0.2, -0.15) is 0 Å². The summed E-state index contributed by atoms with van der Waals surface area (Å²) >= 11 is 9.13. The van der Waals surface area contributed by atoms with E-state index < -0.39 is 23.5 Å². The van der Waals surface area contributed by atoms with E-state index in [1.807, 2.05) is 0 Å². The number of esters is 1. The Labute approximate surface area is 132 Å². The maximum Gasteiger partial charge on any atom is 0.328 e. The molecule has 0 saturated heterocycles. The molecule has 1 N–H and O–H groups in total. The normalized spacial score (nSPS) is 12.7. The van der Waals surface area contributed by atoms with Crippen molar-refractivity contribution in [2.24, 2.45) is 0 Å². The zero-order valence-corrected chi connectivity index (χ0v) is 14.1. The van der Waals surface area contributed by atoms with Gasteiger partial charge in [0.1, 0.15) is 11.6 Å². The predicted octanol–water partition coefficient (Wildman–Crippen LogP) is 3.56. The second-order valence-corrected chi connectivity index (χ2v) is 6.64. The molecule has 0 heterocycles. The summed E-state index contributed by atoms with van der Waals surface area (Å²) in [4.78, 5) is 23.9. The summed E-state index contributed by atoms with van der Waals surface area (Å²) < 4.78 is 5.81. The van der Waals surface area contributed by atoms with Crippen LogP contribution in [0.2, 0.25) is 5.02 Å². The molecule has 0 aromatic heterocycles. The second-order valence-electron chi connectivity index (χ2n) is 5.35. The third kappa shape index (κ3) is 5.13. The molecule has 0 spiro atoms. The van der Waals surface area contributed by atoms with Crippen LogP contribution < -0.4 is 5.32 Å². The fourth-order valence-corrected chi connectivity index (χ4v) is 1.99. The first-order chi connectivity index (χ1) is 9.10.